The summed E-state index contributed by atoms with van der Waals surface area (Å²) in [6.45, 7) is 0. The van der Waals surface area contributed by atoms with E-state index >= 15 is 0 Å². The van der Waals surface area contributed by atoms with Crippen molar-refractivity contribution in [3.63, 3.8) is 0 Å². The zero-order chi connectivity index (χ0) is 9.14. The zero-order valence-electron chi connectivity index (χ0n) is 6.71. The van der Waals surface area contributed by atoms with Crippen molar-refractivity contribution in [2.45, 2.75) is 0 Å². The van der Waals surface area contributed by atoms with Gasteiger partial charge in [0.2, 0.25) is 0 Å². The van der Waals surface area contributed by atoms with Gasteiger partial charge in [-0.05, 0) is 34.7 Å². The number of aromatic carboxylic acids is 1. The molecule has 1 aromatic carbocycles. The standard InChI is InChI=1S/C7H4FIO3.Na/c8-12-6-4(7(10)11)2-1-3-5(6)9;/h1-3H,(H,10,11);/q;+1/p-1. The molecule has 1 aromatic rings. The first kappa shape index (κ1) is 13.2. The van der Waals surface area contributed by atoms with Crippen LogP contribution < -0.4 is 39.6 Å². The van der Waals surface area contributed by atoms with Crippen LogP contribution >= 0.6 is 22.6 Å². The SMILES string of the molecule is O=C([O-])c1cccc(I)c1OF.[Na+]. The van der Waals surface area contributed by atoms with Gasteiger partial charge in [-0.3, -0.25) is 4.94 Å². The second-order valence-corrected chi connectivity index (χ2v) is 3.14. The van der Waals surface area contributed by atoms with Crippen molar-refractivity contribution in [3.05, 3.63) is 27.3 Å². The molecular weight excluding hydrogens is 301 g/mol. The molecule has 0 saturated heterocycles. The van der Waals surface area contributed by atoms with E-state index in [1.54, 1.807) is 22.6 Å². The van der Waals surface area contributed by atoms with Crippen molar-refractivity contribution >= 4 is 28.6 Å². The van der Waals surface area contributed by atoms with Gasteiger partial charge in [0, 0.05) is 10.1 Å². The number of carboxylic acids is 1. The molecule has 0 spiro atoms. The molecule has 0 aliphatic heterocycles. The normalized spacial score (nSPS) is 8.77. The van der Waals surface area contributed by atoms with Crippen molar-refractivity contribution < 1.29 is 48.9 Å². The van der Waals surface area contributed by atoms with Crippen LogP contribution in [0.25, 0.3) is 0 Å². The Morgan fingerprint density at radius 1 is 1.54 bits per heavy atom. The first-order chi connectivity index (χ1) is 5.66. The summed E-state index contributed by atoms with van der Waals surface area (Å²) in [5.74, 6) is -1.76. The number of halogens is 2. The van der Waals surface area contributed by atoms with Crippen LogP contribution in [0.1, 0.15) is 10.4 Å². The molecule has 0 atom stereocenters. The van der Waals surface area contributed by atoms with Gasteiger partial charge in [0.1, 0.15) is 0 Å². The van der Waals surface area contributed by atoms with Gasteiger partial charge in [-0.2, -0.15) is 0 Å². The maximum absolute atomic E-state index is 11.8. The number of hydrogen-bond donors (Lipinski definition) is 0. The fourth-order valence-corrected chi connectivity index (χ4v) is 1.33. The topological polar surface area (TPSA) is 49.4 Å². The summed E-state index contributed by atoms with van der Waals surface area (Å²) < 4.78 is 12.2. The first-order valence-corrected chi connectivity index (χ1v) is 4.03. The molecule has 0 amide bonds. The smallest absolute Gasteiger partial charge is 0.545 e. The van der Waals surface area contributed by atoms with Crippen LogP contribution in [0, 0.1) is 3.57 Å². The van der Waals surface area contributed by atoms with E-state index in [2.05, 4.69) is 4.94 Å². The summed E-state index contributed by atoms with van der Waals surface area (Å²) in [6.07, 6.45) is 0. The van der Waals surface area contributed by atoms with E-state index in [0.29, 0.717) is 3.57 Å². The van der Waals surface area contributed by atoms with Crippen molar-refractivity contribution in [3.8, 4) is 5.75 Å². The molecule has 3 nitrogen and oxygen atoms in total. The average molecular weight is 304 g/mol. The van der Waals surface area contributed by atoms with Crippen LogP contribution in [0.3, 0.4) is 0 Å². The number of carbonyl (C=O) groups is 1. The summed E-state index contributed by atoms with van der Waals surface area (Å²) in [6, 6.07) is 4.23. The minimum Gasteiger partial charge on any atom is -0.545 e. The summed E-state index contributed by atoms with van der Waals surface area (Å²) >= 11 is 1.76. The van der Waals surface area contributed by atoms with Gasteiger partial charge in [0.05, 0.1) is 9.54 Å². The number of carboxylic acid groups (broad SMARTS) is 1. The molecular formula is C7H3FINaO3. The molecule has 0 N–H and O–H groups in total. The Labute approximate surface area is 110 Å². The molecule has 64 valence electrons. The number of rotatable bonds is 2. The van der Waals surface area contributed by atoms with E-state index in [1.165, 1.54) is 18.2 Å². The van der Waals surface area contributed by atoms with E-state index in [1.807, 2.05) is 0 Å². The van der Waals surface area contributed by atoms with E-state index < -0.39 is 5.97 Å². The minimum atomic E-state index is -1.46. The molecule has 0 fully saturated rings. The Hall–Kier alpha value is 0.150. The molecule has 0 aliphatic rings. The number of hydrogen-bond acceptors (Lipinski definition) is 3. The molecule has 0 aliphatic carbocycles. The Morgan fingerprint density at radius 2 is 2.15 bits per heavy atom. The molecule has 13 heavy (non-hydrogen) atoms. The molecule has 0 heterocycles. The third-order valence-electron chi connectivity index (χ3n) is 1.26. The van der Waals surface area contributed by atoms with Gasteiger partial charge in [0.15, 0.2) is 5.75 Å². The fourth-order valence-electron chi connectivity index (χ4n) is 0.748. The van der Waals surface area contributed by atoms with Crippen molar-refractivity contribution in [2.75, 3.05) is 0 Å². The largest absolute Gasteiger partial charge is 1.00 e. The third-order valence-corrected chi connectivity index (χ3v) is 2.11. The number of para-hydroxylation sites is 1. The van der Waals surface area contributed by atoms with Gasteiger partial charge >= 0.3 is 29.6 Å². The van der Waals surface area contributed by atoms with E-state index in [-0.39, 0.29) is 40.9 Å². The number of carbonyl (C=O) groups excluding carboxylic acids is 1. The fraction of sp³-hybridized carbons (Fsp3) is 0. The molecule has 1 rings (SSSR count). The molecule has 0 radical (unpaired) electrons. The van der Waals surface area contributed by atoms with Crippen LogP contribution in [-0.4, -0.2) is 5.97 Å². The van der Waals surface area contributed by atoms with Gasteiger partial charge in [-0.15, -0.1) is 0 Å². The zero-order valence-corrected chi connectivity index (χ0v) is 10.9. The summed E-state index contributed by atoms with van der Waals surface area (Å²) in [4.78, 5) is 13.8. The molecule has 0 bridgehead atoms. The van der Waals surface area contributed by atoms with E-state index in [0.717, 1.165) is 0 Å². The summed E-state index contributed by atoms with van der Waals surface area (Å²) in [5, 5.41) is 10.4. The van der Waals surface area contributed by atoms with Crippen LogP contribution in [-0.2, 0) is 0 Å². The van der Waals surface area contributed by atoms with Gasteiger partial charge in [-0.1, -0.05) is 6.07 Å². The Morgan fingerprint density at radius 3 is 2.54 bits per heavy atom. The Bertz CT molecular complexity index is 319. The maximum Gasteiger partial charge on any atom is 1.00 e. The van der Waals surface area contributed by atoms with Crippen molar-refractivity contribution in [2.24, 2.45) is 0 Å². The molecule has 0 unspecified atom stereocenters. The third kappa shape index (κ3) is 3.08. The maximum atomic E-state index is 11.8. The predicted octanol–water partition coefficient (Wildman–Crippen LogP) is -2.08. The minimum absolute atomic E-state index is 0. The first-order valence-electron chi connectivity index (χ1n) is 2.95. The summed E-state index contributed by atoms with van der Waals surface area (Å²) in [7, 11) is 0. The number of benzene rings is 1. The van der Waals surface area contributed by atoms with Crippen LogP contribution in [0.2, 0.25) is 0 Å². The molecule has 6 heteroatoms. The Kier molecular flexibility index (Phi) is 5.86. The van der Waals surface area contributed by atoms with Crippen LogP contribution in [0.5, 0.6) is 5.75 Å². The summed E-state index contributed by atoms with van der Waals surface area (Å²) in [5.41, 5.74) is -0.288. The van der Waals surface area contributed by atoms with Gasteiger partial charge in [0.25, 0.3) is 0 Å². The Balaban J connectivity index is 0.00000144. The second-order valence-electron chi connectivity index (χ2n) is 1.98. The van der Waals surface area contributed by atoms with Gasteiger partial charge < -0.3 is 9.90 Å². The molecule has 0 aromatic heterocycles. The predicted molar refractivity (Wildman–Crippen MR) is 45.2 cm³/mol. The van der Waals surface area contributed by atoms with E-state index in [9.17, 15) is 14.4 Å². The quantitative estimate of drug-likeness (QED) is 0.466. The van der Waals surface area contributed by atoms with Crippen molar-refractivity contribution in [1.29, 1.82) is 0 Å². The molecule has 0 saturated carbocycles. The van der Waals surface area contributed by atoms with E-state index in [4.69, 9.17) is 0 Å². The average Bonchev–Trinajstić information content (AvgIpc) is 2.03. The second kappa shape index (κ2) is 5.79. The van der Waals surface area contributed by atoms with Gasteiger partial charge in [-0.25, -0.2) is 0 Å². The monoisotopic (exact) mass is 304 g/mol. The van der Waals surface area contributed by atoms with Crippen LogP contribution in [0.15, 0.2) is 18.2 Å². The van der Waals surface area contributed by atoms with Crippen LogP contribution in [0.4, 0.5) is 4.53 Å². The van der Waals surface area contributed by atoms with Crippen molar-refractivity contribution in [1.82, 2.24) is 0 Å².